The summed E-state index contributed by atoms with van der Waals surface area (Å²) in [5.74, 6) is -1.50. The Bertz CT molecular complexity index is 283. The molecule has 0 aromatic carbocycles. The minimum absolute atomic E-state index is 0.0140. The maximum atomic E-state index is 11.6. The van der Waals surface area contributed by atoms with Crippen molar-refractivity contribution in [2.75, 3.05) is 6.54 Å². The molecule has 0 aromatic heterocycles. The standard InChI is InChI=1S/C11H20N3O4/c12-6-2-1-3-9(13)11(18)14-8(7-15)4-5-10(16)17/h8-9H,1-6,12-13H2,(H,14,18)(H,16,17)/t8-,9-/m0/s1. The Morgan fingerprint density at radius 1 is 1.28 bits per heavy atom. The predicted octanol–water partition coefficient (Wildman–Crippen LogP) is -1.10. The summed E-state index contributed by atoms with van der Waals surface area (Å²) in [4.78, 5) is 32.4. The van der Waals surface area contributed by atoms with Gasteiger partial charge in [0.2, 0.25) is 12.2 Å². The number of hydrogen-bond acceptors (Lipinski definition) is 5. The maximum Gasteiger partial charge on any atom is 0.303 e. The van der Waals surface area contributed by atoms with Gasteiger partial charge in [-0.15, -0.1) is 0 Å². The maximum absolute atomic E-state index is 11.6. The highest BCUT2D eigenvalue weighted by atomic mass is 16.4. The van der Waals surface area contributed by atoms with Crippen LogP contribution in [0, 0.1) is 0 Å². The Morgan fingerprint density at radius 2 is 1.94 bits per heavy atom. The van der Waals surface area contributed by atoms with E-state index < -0.39 is 24.0 Å². The number of amides is 1. The lowest BCUT2D eigenvalue weighted by Crippen LogP contribution is -2.46. The van der Waals surface area contributed by atoms with Gasteiger partial charge in [0.1, 0.15) is 0 Å². The summed E-state index contributed by atoms with van der Waals surface area (Å²) in [5.41, 5.74) is 10.9. The summed E-state index contributed by atoms with van der Waals surface area (Å²) in [6.07, 6.45) is 3.39. The lowest BCUT2D eigenvalue weighted by atomic mass is 10.1. The average molecular weight is 258 g/mol. The van der Waals surface area contributed by atoms with Gasteiger partial charge in [-0.3, -0.25) is 14.4 Å². The van der Waals surface area contributed by atoms with Crippen LogP contribution in [0.4, 0.5) is 0 Å². The SMILES string of the molecule is NCCCC[C@H](N)C(=O)N[C@H]([C]=O)CCC(=O)O. The quantitative estimate of drug-likeness (QED) is 0.367. The molecule has 1 amide bonds. The molecular weight excluding hydrogens is 238 g/mol. The molecule has 6 N–H and O–H groups in total. The summed E-state index contributed by atoms with van der Waals surface area (Å²) in [5, 5.41) is 10.8. The molecule has 0 heterocycles. The van der Waals surface area contributed by atoms with Crippen molar-refractivity contribution in [3.05, 3.63) is 0 Å². The molecule has 0 saturated carbocycles. The Kier molecular flexibility index (Phi) is 8.77. The fourth-order valence-corrected chi connectivity index (χ4v) is 1.35. The molecule has 2 atom stereocenters. The van der Waals surface area contributed by atoms with Gasteiger partial charge in [-0.1, -0.05) is 6.42 Å². The van der Waals surface area contributed by atoms with E-state index in [1.54, 1.807) is 6.29 Å². The molecular formula is C11H20N3O4. The predicted molar refractivity (Wildman–Crippen MR) is 65.4 cm³/mol. The number of aliphatic carboxylic acids is 1. The first kappa shape index (κ1) is 16.5. The Balaban J connectivity index is 4.00. The number of carboxylic acid groups (broad SMARTS) is 1. The van der Waals surface area contributed by atoms with E-state index in [2.05, 4.69) is 5.32 Å². The third-order valence-electron chi connectivity index (χ3n) is 2.41. The summed E-state index contributed by atoms with van der Waals surface area (Å²) >= 11 is 0. The molecule has 0 bridgehead atoms. The molecule has 0 spiro atoms. The van der Waals surface area contributed by atoms with E-state index in [4.69, 9.17) is 16.6 Å². The average Bonchev–Trinajstić information content (AvgIpc) is 2.34. The molecule has 7 heteroatoms. The minimum atomic E-state index is -1.03. The molecule has 18 heavy (non-hydrogen) atoms. The van der Waals surface area contributed by atoms with Crippen LogP contribution in [0.25, 0.3) is 0 Å². The van der Waals surface area contributed by atoms with Crippen molar-refractivity contribution in [3.8, 4) is 0 Å². The van der Waals surface area contributed by atoms with Gasteiger partial charge in [-0.2, -0.15) is 0 Å². The van der Waals surface area contributed by atoms with Crippen molar-refractivity contribution >= 4 is 18.2 Å². The highest BCUT2D eigenvalue weighted by molar-refractivity contribution is 5.84. The lowest BCUT2D eigenvalue weighted by molar-refractivity contribution is -0.137. The van der Waals surface area contributed by atoms with Crippen molar-refractivity contribution in [1.82, 2.24) is 5.32 Å². The molecule has 0 aromatic rings. The number of nitrogens with two attached hydrogens (primary N) is 2. The Labute approximate surface area is 106 Å². The molecule has 0 rings (SSSR count). The topological polar surface area (TPSA) is 136 Å². The van der Waals surface area contributed by atoms with Crippen molar-refractivity contribution in [1.29, 1.82) is 0 Å². The van der Waals surface area contributed by atoms with Crippen molar-refractivity contribution in [2.24, 2.45) is 11.5 Å². The fraction of sp³-hybridized carbons (Fsp3) is 0.727. The second-order valence-corrected chi connectivity index (χ2v) is 4.00. The summed E-state index contributed by atoms with van der Waals surface area (Å²) in [6, 6.07) is -1.63. The number of hydrogen-bond donors (Lipinski definition) is 4. The third kappa shape index (κ3) is 7.75. The first-order valence-corrected chi connectivity index (χ1v) is 5.86. The first-order valence-electron chi connectivity index (χ1n) is 5.86. The van der Waals surface area contributed by atoms with Crippen LogP contribution in [-0.2, 0) is 14.4 Å². The Hall–Kier alpha value is -1.47. The van der Waals surface area contributed by atoms with Gasteiger partial charge >= 0.3 is 5.97 Å². The van der Waals surface area contributed by atoms with E-state index in [0.717, 1.165) is 12.8 Å². The van der Waals surface area contributed by atoms with Crippen LogP contribution >= 0.6 is 0 Å². The van der Waals surface area contributed by atoms with E-state index in [-0.39, 0.29) is 12.8 Å². The molecule has 1 radical (unpaired) electrons. The van der Waals surface area contributed by atoms with E-state index in [1.165, 1.54) is 0 Å². The van der Waals surface area contributed by atoms with Crippen molar-refractivity contribution in [2.45, 2.75) is 44.2 Å². The third-order valence-corrected chi connectivity index (χ3v) is 2.41. The normalized spacial score (nSPS) is 13.7. The van der Waals surface area contributed by atoms with Crippen LogP contribution in [0.15, 0.2) is 0 Å². The van der Waals surface area contributed by atoms with Crippen LogP contribution in [0.5, 0.6) is 0 Å². The van der Waals surface area contributed by atoms with E-state index >= 15 is 0 Å². The van der Waals surface area contributed by atoms with Gasteiger partial charge in [0, 0.05) is 6.42 Å². The second-order valence-electron chi connectivity index (χ2n) is 4.00. The second kappa shape index (κ2) is 9.55. The number of rotatable bonds is 10. The van der Waals surface area contributed by atoms with Gasteiger partial charge in [-0.05, 0) is 25.8 Å². The fourth-order valence-electron chi connectivity index (χ4n) is 1.35. The van der Waals surface area contributed by atoms with Crippen LogP contribution < -0.4 is 16.8 Å². The Morgan fingerprint density at radius 3 is 2.44 bits per heavy atom. The number of unbranched alkanes of at least 4 members (excludes halogenated alkanes) is 1. The zero-order chi connectivity index (χ0) is 14.0. The van der Waals surface area contributed by atoms with Crippen LogP contribution in [0.3, 0.4) is 0 Å². The molecule has 0 unspecified atom stereocenters. The lowest BCUT2D eigenvalue weighted by Gasteiger charge is -2.15. The number of carbonyl (C=O) groups is 2. The van der Waals surface area contributed by atoms with Gasteiger partial charge in [0.05, 0.1) is 12.1 Å². The zero-order valence-corrected chi connectivity index (χ0v) is 10.2. The molecule has 0 aliphatic carbocycles. The van der Waals surface area contributed by atoms with Crippen LogP contribution in [0.1, 0.15) is 32.1 Å². The van der Waals surface area contributed by atoms with Gasteiger partial charge in [0.25, 0.3) is 0 Å². The zero-order valence-electron chi connectivity index (χ0n) is 10.2. The first-order chi connectivity index (χ1) is 8.51. The summed E-state index contributed by atoms with van der Waals surface area (Å²) in [7, 11) is 0. The van der Waals surface area contributed by atoms with Gasteiger partial charge in [-0.25, -0.2) is 0 Å². The molecule has 0 aliphatic rings. The number of carboxylic acids is 1. The van der Waals surface area contributed by atoms with Crippen LogP contribution in [-0.4, -0.2) is 41.9 Å². The molecule has 103 valence electrons. The van der Waals surface area contributed by atoms with Gasteiger partial charge in [0.15, 0.2) is 0 Å². The number of nitrogens with one attached hydrogen (secondary N) is 1. The van der Waals surface area contributed by atoms with Crippen molar-refractivity contribution < 1.29 is 19.5 Å². The van der Waals surface area contributed by atoms with E-state index in [9.17, 15) is 14.4 Å². The van der Waals surface area contributed by atoms with E-state index in [1.807, 2.05) is 0 Å². The smallest absolute Gasteiger partial charge is 0.303 e. The van der Waals surface area contributed by atoms with E-state index in [0.29, 0.717) is 13.0 Å². The molecule has 0 aliphatic heterocycles. The van der Waals surface area contributed by atoms with Crippen molar-refractivity contribution in [3.63, 3.8) is 0 Å². The molecule has 0 saturated heterocycles. The largest absolute Gasteiger partial charge is 0.481 e. The number of carbonyl (C=O) groups excluding carboxylic acids is 2. The molecule has 0 fully saturated rings. The monoisotopic (exact) mass is 258 g/mol. The van der Waals surface area contributed by atoms with Gasteiger partial charge < -0.3 is 21.9 Å². The highest BCUT2D eigenvalue weighted by Gasteiger charge is 2.18. The molecule has 7 nitrogen and oxygen atoms in total. The summed E-state index contributed by atoms with van der Waals surface area (Å²) < 4.78 is 0. The summed E-state index contributed by atoms with van der Waals surface area (Å²) in [6.45, 7) is 0.539. The van der Waals surface area contributed by atoms with Crippen LogP contribution in [0.2, 0.25) is 0 Å². The minimum Gasteiger partial charge on any atom is -0.481 e. The highest BCUT2D eigenvalue weighted by Crippen LogP contribution is 2.00.